The van der Waals surface area contributed by atoms with Crippen molar-refractivity contribution < 1.29 is 9.47 Å². The van der Waals surface area contributed by atoms with Gasteiger partial charge in [-0.05, 0) is 19.2 Å². The Morgan fingerprint density at radius 2 is 2.30 bits per heavy atom. The van der Waals surface area contributed by atoms with Crippen molar-refractivity contribution >= 4 is 34.0 Å². The predicted octanol–water partition coefficient (Wildman–Crippen LogP) is 2.21. The smallest absolute Gasteiger partial charge is 0.153 e. The van der Waals surface area contributed by atoms with Gasteiger partial charge in [0.15, 0.2) is 4.32 Å². The molecule has 20 heavy (non-hydrogen) atoms. The number of rotatable bonds is 7. The molecule has 0 radical (unpaired) electrons. The molecule has 5 nitrogen and oxygen atoms in total. The Morgan fingerprint density at radius 3 is 3.00 bits per heavy atom. The van der Waals surface area contributed by atoms with Crippen LogP contribution in [0.4, 0.5) is 0 Å². The maximum atomic E-state index is 5.53. The van der Waals surface area contributed by atoms with Gasteiger partial charge < -0.3 is 9.47 Å². The minimum atomic E-state index is 0.479. The lowest BCUT2D eigenvalue weighted by molar-refractivity contribution is 0.0615. The van der Waals surface area contributed by atoms with E-state index >= 15 is 0 Å². The molecule has 0 aliphatic heterocycles. The molecule has 0 saturated heterocycles. The fraction of sp³-hybridized carbons (Fsp3) is 0.462. The molecular weight excluding hydrogens is 294 g/mol. The first-order chi connectivity index (χ1) is 9.69. The van der Waals surface area contributed by atoms with E-state index in [4.69, 9.17) is 21.7 Å². The normalized spacial score (nSPS) is 11.4. The summed E-state index contributed by atoms with van der Waals surface area (Å²) in [6.45, 7) is 3.49. The number of ether oxygens (including phenoxy) is 2. The number of nitrogens with zero attached hydrogens (tertiary/aromatic N) is 2. The van der Waals surface area contributed by atoms with E-state index in [2.05, 4.69) is 15.5 Å². The highest BCUT2D eigenvalue weighted by molar-refractivity contribution is 8.22. The van der Waals surface area contributed by atoms with Crippen LogP contribution in [0, 0.1) is 0 Å². The van der Waals surface area contributed by atoms with E-state index in [1.165, 1.54) is 11.8 Å². The summed E-state index contributed by atoms with van der Waals surface area (Å²) in [7, 11) is 1.65. The molecule has 0 fully saturated rings. The Kier molecular flexibility index (Phi) is 8.36. The van der Waals surface area contributed by atoms with Gasteiger partial charge in [0.05, 0.1) is 31.2 Å². The fourth-order valence-corrected chi connectivity index (χ4v) is 1.62. The van der Waals surface area contributed by atoms with Crippen LogP contribution in [0.5, 0.6) is 0 Å². The maximum absolute atomic E-state index is 5.53. The van der Waals surface area contributed by atoms with Crippen molar-refractivity contribution in [3.05, 3.63) is 29.6 Å². The van der Waals surface area contributed by atoms with Crippen molar-refractivity contribution in [1.82, 2.24) is 10.4 Å². The summed E-state index contributed by atoms with van der Waals surface area (Å²) >= 11 is 6.48. The standard InChI is InChI=1S/C13H19N3O2S2/c1-10(15-16-13(19)20-3)12-11(5-4-6-14-12)9-18-8-7-17-2/h4-6H,7-9H2,1-3H3,(H,16,19)/b15-10+. The average molecular weight is 313 g/mol. The van der Waals surface area contributed by atoms with Gasteiger partial charge >= 0.3 is 0 Å². The van der Waals surface area contributed by atoms with Gasteiger partial charge in [0.1, 0.15) is 0 Å². The van der Waals surface area contributed by atoms with Crippen molar-refractivity contribution in [2.24, 2.45) is 5.10 Å². The van der Waals surface area contributed by atoms with Crippen LogP contribution in [0.15, 0.2) is 23.4 Å². The summed E-state index contributed by atoms with van der Waals surface area (Å²) < 4.78 is 11.1. The highest BCUT2D eigenvalue weighted by Gasteiger charge is 2.07. The molecule has 110 valence electrons. The van der Waals surface area contributed by atoms with Crippen LogP contribution in [0.25, 0.3) is 0 Å². The van der Waals surface area contributed by atoms with Gasteiger partial charge in [-0.1, -0.05) is 30.0 Å². The van der Waals surface area contributed by atoms with Gasteiger partial charge in [-0.25, -0.2) is 0 Å². The Bertz CT molecular complexity index is 467. The lowest BCUT2D eigenvalue weighted by Gasteiger charge is -2.09. The third-order valence-corrected chi connectivity index (χ3v) is 3.48. The van der Waals surface area contributed by atoms with Gasteiger partial charge in [-0.15, -0.1) is 0 Å². The van der Waals surface area contributed by atoms with Gasteiger partial charge in [-0.2, -0.15) is 5.10 Å². The van der Waals surface area contributed by atoms with Crippen LogP contribution >= 0.6 is 24.0 Å². The molecule has 1 rings (SSSR count). The second-order valence-electron chi connectivity index (χ2n) is 3.86. The number of thioether (sulfide) groups is 1. The first kappa shape index (κ1) is 17.0. The Balaban J connectivity index is 2.70. The van der Waals surface area contributed by atoms with Crippen molar-refractivity contribution in [2.45, 2.75) is 13.5 Å². The van der Waals surface area contributed by atoms with E-state index in [1.807, 2.05) is 25.3 Å². The minimum absolute atomic E-state index is 0.479. The summed E-state index contributed by atoms with van der Waals surface area (Å²) in [6, 6.07) is 3.85. The molecule has 7 heteroatoms. The van der Waals surface area contributed by atoms with E-state index in [-0.39, 0.29) is 0 Å². The number of pyridine rings is 1. The molecule has 0 spiro atoms. The fourth-order valence-electron chi connectivity index (χ4n) is 1.43. The van der Waals surface area contributed by atoms with Crippen LogP contribution in [0.2, 0.25) is 0 Å². The maximum Gasteiger partial charge on any atom is 0.153 e. The van der Waals surface area contributed by atoms with Gasteiger partial charge in [0.2, 0.25) is 0 Å². The lowest BCUT2D eigenvalue weighted by atomic mass is 10.1. The molecule has 1 heterocycles. The summed E-state index contributed by atoms with van der Waals surface area (Å²) in [6.07, 6.45) is 3.63. The first-order valence-corrected chi connectivity index (χ1v) is 7.71. The molecule has 0 bridgehead atoms. The predicted molar refractivity (Wildman–Crippen MR) is 87.2 cm³/mol. The van der Waals surface area contributed by atoms with E-state index in [1.54, 1.807) is 13.3 Å². The summed E-state index contributed by atoms with van der Waals surface area (Å²) in [5.74, 6) is 0. The summed E-state index contributed by atoms with van der Waals surface area (Å²) in [5, 5.41) is 4.23. The van der Waals surface area contributed by atoms with Crippen molar-refractivity contribution in [3.63, 3.8) is 0 Å². The molecule has 0 atom stereocenters. The summed E-state index contributed by atoms with van der Waals surface area (Å²) in [5.41, 5.74) is 5.38. The third kappa shape index (κ3) is 5.96. The van der Waals surface area contributed by atoms with Crippen LogP contribution in [-0.4, -0.2) is 41.6 Å². The number of nitrogens with one attached hydrogen (secondary N) is 1. The molecule has 0 unspecified atom stereocenters. The van der Waals surface area contributed by atoms with E-state index in [9.17, 15) is 0 Å². The Morgan fingerprint density at radius 1 is 1.50 bits per heavy atom. The largest absolute Gasteiger partial charge is 0.382 e. The minimum Gasteiger partial charge on any atom is -0.382 e. The molecule has 0 aromatic carbocycles. The SMILES string of the molecule is COCCOCc1cccnc1/C(C)=N/NC(=S)SC. The molecule has 0 saturated carbocycles. The number of aromatic nitrogens is 1. The topological polar surface area (TPSA) is 55.7 Å². The highest BCUT2D eigenvalue weighted by atomic mass is 32.2. The number of hydrazone groups is 1. The Labute approximate surface area is 129 Å². The molecule has 0 amide bonds. The first-order valence-electron chi connectivity index (χ1n) is 6.08. The lowest BCUT2D eigenvalue weighted by Crippen LogP contribution is -2.15. The Hall–Kier alpha value is -1.02. The third-order valence-electron chi connectivity index (χ3n) is 2.42. The van der Waals surface area contributed by atoms with E-state index in [0.717, 1.165) is 17.0 Å². The molecule has 1 N–H and O–H groups in total. The van der Waals surface area contributed by atoms with Crippen molar-refractivity contribution in [1.29, 1.82) is 0 Å². The average Bonchev–Trinajstić information content (AvgIpc) is 2.49. The van der Waals surface area contributed by atoms with Gasteiger partial charge in [0.25, 0.3) is 0 Å². The van der Waals surface area contributed by atoms with Crippen molar-refractivity contribution in [2.75, 3.05) is 26.6 Å². The molecular formula is C13H19N3O2S2. The number of thiocarbonyl (C=S) groups is 1. The van der Waals surface area contributed by atoms with Gasteiger partial charge in [0, 0.05) is 18.9 Å². The number of hydrogen-bond donors (Lipinski definition) is 1. The number of methoxy groups -OCH3 is 1. The van der Waals surface area contributed by atoms with Crippen LogP contribution in [-0.2, 0) is 16.1 Å². The van der Waals surface area contributed by atoms with Crippen molar-refractivity contribution in [3.8, 4) is 0 Å². The van der Waals surface area contributed by atoms with Crippen LogP contribution < -0.4 is 5.43 Å². The van der Waals surface area contributed by atoms with E-state index in [0.29, 0.717) is 24.1 Å². The molecule has 0 aliphatic carbocycles. The van der Waals surface area contributed by atoms with Crippen LogP contribution in [0.1, 0.15) is 18.2 Å². The van der Waals surface area contributed by atoms with Gasteiger partial charge in [-0.3, -0.25) is 10.4 Å². The zero-order valence-corrected chi connectivity index (χ0v) is 13.5. The quantitative estimate of drug-likeness (QED) is 0.360. The number of hydrogen-bond acceptors (Lipinski definition) is 6. The second kappa shape index (κ2) is 9.82. The molecule has 1 aromatic rings. The second-order valence-corrected chi connectivity index (χ2v) is 5.34. The zero-order chi connectivity index (χ0) is 14.8. The highest BCUT2D eigenvalue weighted by Crippen LogP contribution is 2.08. The summed E-state index contributed by atoms with van der Waals surface area (Å²) in [4.78, 5) is 4.35. The zero-order valence-electron chi connectivity index (χ0n) is 11.9. The van der Waals surface area contributed by atoms with E-state index < -0.39 is 0 Å². The molecule has 1 aromatic heterocycles. The molecule has 0 aliphatic rings. The van der Waals surface area contributed by atoms with Crippen LogP contribution in [0.3, 0.4) is 0 Å². The monoisotopic (exact) mass is 313 g/mol.